The smallest absolute Gasteiger partial charge is 0.257 e. The highest BCUT2D eigenvalue weighted by Gasteiger charge is 2.37. The Morgan fingerprint density at radius 1 is 1.24 bits per heavy atom. The van der Waals surface area contributed by atoms with E-state index in [0.29, 0.717) is 28.4 Å². The number of carbonyl (C=O) groups excluding carboxylic acids is 1. The van der Waals surface area contributed by atoms with E-state index in [-0.39, 0.29) is 10.8 Å². The molecule has 2 N–H and O–H groups in total. The number of carbonyl (C=O) groups is 1. The maximum absolute atomic E-state index is 13.1. The van der Waals surface area contributed by atoms with Crippen LogP contribution in [0.15, 0.2) is 47.5 Å². The topological polar surface area (TPSA) is 110 Å². The predicted octanol–water partition coefficient (Wildman–Crippen LogP) is 4.24. The van der Waals surface area contributed by atoms with Crippen LogP contribution in [0.1, 0.15) is 60.4 Å². The van der Waals surface area contributed by atoms with Gasteiger partial charge in [0.2, 0.25) is 15.9 Å². The molecule has 3 heterocycles. The number of amides is 1. The molecular weight excluding hydrogens is 460 g/mol. The van der Waals surface area contributed by atoms with E-state index < -0.39 is 21.7 Å². The number of aryl methyl sites for hydroxylation is 2. The summed E-state index contributed by atoms with van der Waals surface area (Å²) in [5.74, 6) is -0.0407. The van der Waals surface area contributed by atoms with E-state index in [9.17, 15) is 13.2 Å². The van der Waals surface area contributed by atoms with Gasteiger partial charge in [-0.05, 0) is 68.6 Å². The highest BCUT2D eigenvalue weighted by molar-refractivity contribution is 7.89. The fourth-order valence-electron chi connectivity index (χ4n) is 3.70. The van der Waals surface area contributed by atoms with Gasteiger partial charge in [0.15, 0.2) is 0 Å². The van der Waals surface area contributed by atoms with Gasteiger partial charge < -0.3 is 10.1 Å². The van der Waals surface area contributed by atoms with Crippen LogP contribution in [0.2, 0.25) is 0 Å². The summed E-state index contributed by atoms with van der Waals surface area (Å²) in [7, 11) is -3.80. The summed E-state index contributed by atoms with van der Waals surface area (Å²) in [6.45, 7) is 7.61. The van der Waals surface area contributed by atoms with E-state index in [1.807, 2.05) is 39.8 Å². The van der Waals surface area contributed by atoms with Crippen molar-refractivity contribution in [1.82, 2.24) is 14.1 Å². The number of hydrogen-bond donors (Lipinski definition) is 2. The van der Waals surface area contributed by atoms with Crippen molar-refractivity contribution in [3.8, 4) is 5.88 Å². The van der Waals surface area contributed by atoms with Crippen LogP contribution in [-0.4, -0.2) is 29.3 Å². The van der Waals surface area contributed by atoms with Crippen LogP contribution in [0.4, 0.5) is 5.00 Å². The van der Waals surface area contributed by atoms with Gasteiger partial charge >= 0.3 is 0 Å². The Bertz CT molecular complexity index is 1280. The molecule has 33 heavy (non-hydrogen) atoms. The van der Waals surface area contributed by atoms with Gasteiger partial charge in [0, 0.05) is 18.2 Å². The van der Waals surface area contributed by atoms with Crippen LogP contribution in [0.25, 0.3) is 0 Å². The molecule has 1 aliphatic rings. The molecule has 8 nitrogen and oxygen atoms in total. The van der Waals surface area contributed by atoms with Crippen LogP contribution in [-0.2, 0) is 16.4 Å². The highest BCUT2D eigenvalue weighted by Crippen LogP contribution is 2.39. The summed E-state index contributed by atoms with van der Waals surface area (Å²) in [5.41, 5.74) is 2.07. The molecule has 0 saturated carbocycles. The Hall–Kier alpha value is -2.82. The molecule has 0 radical (unpaired) electrons. The number of anilines is 1. The minimum Gasteiger partial charge on any atom is -0.471 e. The Labute approximate surface area is 197 Å². The molecule has 10 heteroatoms. The Kier molecular flexibility index (Phi) is 6.26. The Morgan fingerprint density at radius 3 is 2.61 bits per heavy atom. The second-order valence-corrected chi connectivity index (χ2v) is 11.2. The maximum atomic E-state index is 13.1. The number of sulfonamides is 1. The molecule has 0 fully saturated rings. The normalized spacial score (nSPS) is 17.2. The Balaban J connectivity index is 1.63. The van der Waals surface area contributed by atoms with Gasteiger partial charge in [-0.25, -0.2) is 18.1 Å². The SMILES string of the molecule is CCc1ccc(S(=O)(=O)N[C@H]2CC(C)(C)Oc3ncc(C(=O)Nc4cc(C)ns4)cc32)cc1. The monoisotopic (exact) mass is 486 g/mol. The molecule has 0 spiro atoms. The van der Waals surface area contributed by atoms with E-state index in [4.69, 9.17) is 4.74 Å². The predicted molar refractivity (Wildman–Crippen MR) is 127 cm³/mol. The third-order valence-corrected chi connectivity index (χ3v) is 7.67. The molecule has 174 valence electrons. The fourth-order valence-corrected chi connectivity index (χ4v) is 5.58. The lowest BCUT2D eigenvalue weighted by Gasteiger charge is -2.37. The van der Waals surface area contributed by atoms with Crippen LogP contribution >= 0.6 is 11.5 Å². The summed E-state index contributed by atoms with van der Waals surface area (Å²) < 4.78 is 39.2. The molecule has 3 aromatic rings. The van der Waals surface area contributed by atoms with Gasteiger partial charge in [-0.15, -0.1) is 0 Å². The number of ether oxygens (including phenoxy) is 1. The zero-order chi connectivity index (χ0) is 23.8. The third kappa shape index (κ3) is 5.23. The molecule has 0 unspecified atom stereocenters. The number of rotatable bonds is 6. The van der Waals surface area contributed by atoms with Crippen LogP contribution in [0, 0.1) is 6.92 Å². The highest BCUT2D eigenvalue weighted by atomic mass is 32.2. The van der Waals surface area contributed by atoms with E-state index in [1.165, 1.54) is 17.7 Å². The summed E-state index contributed by atoms with van der Waals surface area (Å²) >= 11 is 1.19. The van der Waals surface area contributed by atoms with E-state index >= 15 is 0 Å². The molecule has 1 aliphatic heterocycles. The average molecular weight is 487 g/mol. The number of hydrogen-bond acceptors (Lipinski definition) is 7. The third-order valence-electron chi connectivity index (χ3n) is 5.39. The number of benzene rings is 1. The van der Waals surface area contributed by atoms with Crippen LogP contribution in [0.3, 0.4) is 0 Å². The van der Waals surface area contributed by atoms with Gasteiger partial charge in [-0.3, -0.25) is 4.79 Å². The lowest BCUT2D eigenvalue weighted by molar-refractivity contribution is 0.0640. The van der Waals surface area contributed by atoms with E-state index in [0.717, 1.165) is 17.7 Å². The van der Waals surface area contributed by atoms with Crippen molar-refractivity contribution in [3.05, 3.63) is 65.0 Å². The molecule has 0 saturated heterocycles. The van der Waals surface area contributed by atoms with Gasteiger partial charge in [0.1, 0.15) is 10.6 Å². The van der Waals surface area contributed by atoms with Crippen molar-refractivity contribution < 1.29 is 17.9 Å². The van der Waals surface area contributed by atoms with Crippen molar-refractivity contribution in [1.29, 1.82) is 0 Å². The first-order chi connectivity index (χ1) is 15.6. The van der Waals surface area contributed by atoms with Gasteiger partial charge in [-0.2, -0.15) is 4.37 Å². The molecule has 1 atom stereocenters. The molecule has 1 amide bonds. The molecule has 0 bridgehead atoms. The van der Waals surface area contributed by atoms with E-state index in [1.54, 1.807) is 24.3 Å². The van der Waals surface area contributed by atoms with Crippen LogP contribution < -0.4 is 14.8 Å². The Morgan fingerprint density at radius 2 is 1.97 bits per heavy atom. The first-order valence-electron chi connectivity index (χ1n) is 10.6. The number of aromatic nitrogens is 2. The zero-order valence-corrected chi connectivity index (χ0v) is 20.5. The van der Waals surface area contributed by atoms with Crippen LogP contribution in [0.5, 0.6) is 5.88 Å². The molecular formula is C23H26N4O4S2. The number of fused-ring (bicyclic) bond motifs is 1. The summed E-state index contributed by atoms with van der Waals surface area (Å²) in [6, 6.07) is 9.63. The van der Waals surface area contributed by atoms with Crippen molar-refractivity contribution in [3.63, 3.8) is 0 Å². The molecule has 4 rings (SSSR count). The summed E-state index contributed by atoms with van der Waals surface area (Å²) in [6.07, 6.45) is 2.64. The van der Waals surface area contributed by atoms with Crippen molar-refractivity contribution in [2.24, 2.45) is 0 Å². The van der Waals surface area contributed by atoms with Crippen molar-refractivity contribution in [2.45, 2.75) is 57.1 Å². The van der Waals surface area contributed by atoms with Crippen molar-refractivity contribution >= 4 is 32.5 Å². The van der Waals surface area contributed by atoms with Gasteiger partial charge in [-0.1, -0.05) is 19.1 Å². The minimum absolute atomic E-state index is 0.188. The second-order valence-electron chi connectivity index (χ2n) is 8.64. The molecule has 2 aromatic heterocycles. The lowest BCUT2D eigenvalue weighted by Crippen LogP contribution is -2.41. The number of pyridine rings is 1. The summed E-state index contributed by atoms with van der Waals surface area (Å²) in [5, 5.41) is 3.42. The van der Waals surface area contributed by atoms with E-state index in [2.05, 4.69) is 19.4 Å². The molecule has 0 aliphatic carbocycles. The average Bonchev–Trinajstić information content (AvgIpc) is 3.17. The molecule has 1 aromatic carbocycles. The standard InChI is InChI=1S/C23H26N4O4S2/c1-5-15-6-8-17(9-7-15)33(29,30)27-19-12-23(3,4)31-22-18(19)11-16(13-24-22)21(28)25-20-10-14(2)26-32-20/h6-11,13,19,27H,5,12H2,1-4H3,(H,25,28)/t19-/m0/s1. The van der Waals surface area contributed by atoms with Gasteiger partial charge in [0.05, 0.1) is 22.2 Å². The number of nitrogens with zero attached hydrogens (tertiary/aromatic N) is 2. The number of nitrogens with one attached hydrogen (secondary N) is 2. The van der Waals surface area contributed by atoms with Crippen molar-refractivity contribution in [2.75, 3.05) is 5.32 Å². The van der Waals surface area contributed by atoms with Gasteiger partial charge in [0.25, 0.3) is 5.91 Å². The zero-order valence-electron chi connectivity index (χ0n) is 18.9. The lowest BCUT2D eigenvalue weighted by atomic mass is 9.91. The first-order valence-corrected chi connectivity index (χ1v) is 12.9. The largest absolute Gasteiger partial charge is 0.471 e. The maximum Gasteiger partial charge on any atom is 0.257 e. The summed E-state index contributed by atoms with van der Waals surface area (Å²) in [4.78, 5) is 17.3. The quantitative estimate of drug-likeness (QED) is 0.539. The minimum atomic E-state index is -3.80. The second kappa shape index (κ2) is 8.85. The fraction of sp³-hybridized carbons (Fsp3) is 0.348. The first kappa shape index (κ1) is 23.3.